The van der Waals surface area contributed by atoms with Gasteiger partial charge in [-0.3, -0.25) is 9.69 Å². The van der Waals surface area contributed by atoms with Gasteiger partial charge >= 0.3 is 0 Å². The third-order valence-corrected chi connectivity index (χ3v) is 4.20. The minimum absolute atomic E-state index is 0.000259. The summed E-state index contributed by atoms with van der Waals surface area (Å²) in [5, 5.41) is 10.2. The molecule has 0 aliphatic carbocycles. The van der Waals surface area contributed by atoms with Crippen LogP contribution in [-0.4, -0.2) is 64.6 Å². The molecule has 1 aromatic heterocycles. The van der Waals surface area contributed by atoms with E-state index in [-0.39, 0.29) is 17.4 Å². The molecule has 5 heteroatoms. The smallest absolute Gasteiger partial charge is 0.272 e. The highest BCUT2D eigenvalue weighted by atomic mass is 16.3. The highest BCUT2D eigenvalue weighted by Gasteiger charge is 2.28. The zero-order chi connectivity index (χ0) is 16.3. The van der Waals surface area contributed by atoms with Gasteiger partial charge in [0.2, 0.25) is 0 Å². The molecular formula is C17H27N3O2. The summed E-state index contributed by atoms with van der Waals surface area (Å²) in [4.78, 5) is 20.8. The molecule has 0 spiro atoms. The van der Waals surface area contributed by atoms with Gasteiger partial charge in [0.25, 0.3) is 5.91 Å². The summed E-state index contributed by atoms with van der Waals surface area (Å²) in [6.45, 7) is 11.6. The van der Waals surface area contributed by atoms with Crippen molar-refractivity contribution < 1.29 is 9.90 Å². The molecule has 1 aromatic rings. The molecule has 0 unspecified atom stereocenters. The van der Waals surface area contributed by atoms with E-state index in [1.54, 1.807) is 6.07 Å². The number of rotatable bonds is 3. The number of aliphatic hydroxyl groups is 1. The average Bonchev–Trinajstić information content (AvgIpc) is 2.46. The van der Waals surface area contributed by atoms with E-state index in [1.807, 2.05) is 44.7 Å². The lowest BCUT2D eigenvalue weighted by molar-refractivity contribution is 0.0136. The Morgan fingerprint density at radius 2 is 1.91 bits per heavy atom. The molecule has 1 N–H and O–H groups in total. The predicted octanol–water partition coefficient (Wildman–Crippen LogP) is 1.55. The maximum absolute atomic E-state index is 12.4. The Labute approximate surface area is 132 Å². The molecule has 5 nitrogen and oxygen atoms in total. The lowest BCUT2D eigenvalue weighted by Gasteiger charge is -2.37. The third kappa shape index (κ3) is 4.27. The van der Waals surface area contributed by atoms with Crippen molar-refractivity contribution in [3.8, 4) is 0 Å². The van der Waals surface area contributed by atoms with Crippen LogP contribution in [0.3, 0.4) is 0 Å². The maximum atomic E-state index is 12.4. The summed E-state index contributed by atoms with van der Waals surface area (Å²) >= 11 is 0. The van der Waals surface area contributed by atoms with Crippen LogP contribution in [0.4, 0.5) is 0 Å². The van der Waals surface area contributed by atoms with Crippen LogP contribution in [-0.2, 0) is 0 Å². The van der Waals surface area contributed by atoms with Crippen molar-refractivity contribution in [3.63, 3.8) is 0 Å². The van der Waals surface area contributed by atoms with Crippen LogP contribution in [0.25, 0.3) is 0 Å². The number of carbonyl (C=O) groups excluding carboxylic acids is 1. The lowest BCUT2D eigenvalue weighted by atomic mass is 9.89. The molecular weight excluding hydrogens is 278 g/mol. The zero-order valence-corrected chi connectivity index (χ0v) is 14.0. The highest BCUT2D eigenvalue weighted by Crippen LogP contribution is 2.20. The number of β-amino-alcohol motifs (C(OH)–C–C–N with tert-alkyl or cyclic N) is 1. The number of hydrogen-bond acceptors (Lipinski definition) is 4. The first-order valence-electron chi connectivity index (χ1n) is 7.91. The number of amides is 1. The Morgan fingerprint density at radius 1 is 1.27 bits per heavy atom. The van der Waals surface area contributed by atoms with Crippen LogP contribution in [0, 0.1) is 12.3 Å². The van der Waals surface area contributed by atoms with Gasteiger partial charge < -0.3 is 10.0 Å². The summed E-state index contributed by atoms with van der Waals surface area (Å²) < 4.78 is 0. The Bertz CT molecular complexity index is 517. The third-order valence-electron chi connectivity index (χ3n) is 4.20. The molecule has 1 atom stereocenters. The molecule has 1 aliphatic rings. The van der Waals surface area contributed by atoms with E-state index in [4.69, 9.17) is 0 Å². The Kier molecular flexibility index (Phi) is 5.19. The van der Waals surface area contributed by atoms with Crippen LogP contribution < -0.4 is 0 Å². The van der Waals surface area contributed by atoms with Crippen molar-refractivity contribution in [2.45, 2.75) is 33.8 Å². The number of piperazine rings is 1. The molecule has 0 aromatic carbocycles. The Balaban J connectivity index is 1.88. The molecule has 0 bridgehead atoms. The fraction of sp³-hybridized carbons (Fsp3) is 0.647. The second kappa shape index (κ2) is 6.75. The van der Waals surface area contributed by atoms with Crippen LogP contribution in [0.1, 0.15) is 37.0 Å². The number of aryl methyl sites for hydroxylation is 1. The van der Waals surface area contributed by atoms with E-state index in [9.17, 15) is 9.90 Å². The van der Waals surface area contributed by atoms with Gasteiger partial charge in [-0.2, -0.15) is 0 Å². The minimum atomic E-state index is -0.354. The molecule has 122 valence electrons. The van der Waals surface area contributed by atoms with Gasteiger partial charge in [-0.25, -0.2) is 4.98 Å². The van der Waals surface area contributed by atoms with Crippen molar-refractivity contribution in [1.29, 1.82) is 0 Å². The first kappa shape index (κ1) is 16.9. The monoisotopic (exact) mass is 305 g/mol. The van der Waals surface area contributed by atoms with Gasteiger partial charge in [0, 0.05) is 38.4 Å². The highest BCUT2D eigenvalue weighted by molar-refractivity contribution is 5.92. The van der Waals surface area contributed by atoms with Gasteiger partial charge in [0.1, 0.15) is 5.69 Å². The molecule has 0 saturated carbocycles. The van der Waals surface area contributed by atoms with Crippen LogP contribution in [0.5, 0.6) is 0 Å². The SMILES string of the molecule is Cc1cccc(C(=O)N2CCN(C[C@H](O)C(C)(C)C)CC2)n1. The van der Waals surface area contributed by atoms with Gasteiger partial charge in [-0.15, -0.1) is 0 Å². The number of pyridine rings is 1. The first-order chi connectivity index (χ1) is 10.3. The van der Waals surface area contributed by atoms with Crippen molar-refractivity contribution in [2.75, 3.05) is 32.7 Å². The lowest BCUT2D eigenvalue weighted by Crippen LogP contribution is -2.51. The zero-order valence-electron chi connectivity index (χ0n) is 14.0. The summed E-state index contributed by atoms with van der Waals surface area (Å²) in [5.41, 5.74) is 1.26. The topological polar surface area (TPSA) is 56.7 Å². The van der Waals surface area contributed by atoms with Crippen molar-refractivity contribution in [2.24, 2.45) is 5.41 Å². The van der Waals surface area contributed by atoms with Crippen molar-refractivity contribution >= 4 is 5.91 Å². The quantitative estimate of drug-likeness (QED) is 0.920. The van der Waals surface area contributed by atoms with E-state index >= 15 is 0 Å². The average molecular weight is 305 g/mol. The van der Waals surface area contributed by atoms with Crippen LogP contribution in [0.2, 0.25) is 0 Å². The van der Waals surface area contributed by atoms with Gasteiger partial charge in [-0.05, 0) is 24.5 Å². The van der Waals surface area contributed by atoms with Crippen LogP contribution >= 0.6 is 0 Å². The standard InChI is InChI=1S/C17H27N3O2/c1-13-6-5-7-14(18-13)16(22)20-10-8-19(9-11-20)12-15(21)17(2,3)4/h5-7,15,21H,8-12H2,1-4H3/t15-/m0/s1. The second-order valence-corrected chi connectivity index (χ2v) is 7.14. The largest absolute Gasteiger partial charge is 0.391 e. The summed E-state index contributed by atoms with van der Waals surface area (Å²) in [7, 11) is 0. The van der Waals surface area contributed by atoms with E-state index in [0.29, 0.717) is 25.3 Å². The molecule has 0 radical (unpaired) electrons. The number of carbonyl (C=O) groups is 1. The normalized spacial score (nSPS) is 18.3. The summed E-state index contributed by atoms with van der Waals surface area (Å²) in [5.74, 6) is -0.000259. The molecule has 2 heterocycles. The summed E-state index contributed by atoms with van der Waals surface area (Å²) in [6, 6.07) is 5.53. The fourth-order valence-electron chi connectivity index (χ4n) is 2.48. The van der Waals surface area contributed by atoms with E-state index in [1.165, 1.54) is 0 Å². The Hall–Kier alpha value is -1.46. The van der Waals surface area contributed by atoms with Gasteiger partial charge in [0.15, 0.2) is 0 Å². The van der Waals surface area contributed by atoms with Crippen molar-refractivity contribution in [1.82, 2.24) is 14.8 Å². The molecule has 22 heavy (non-hydrogen) atoms. The Morgan fingerprint density at radius 3 is 2.45 bits per heavy atom. The van der Waals surface area contributed by atoms with Gasteiger partial charge in [-0.1, -0.05) is 26.8 Å². The molecule has 1 saturated heterocycles. The van der Waals surface area contributed by atoms with Crippen molar-refractivity contribution in [3.05, 3.63) is 29.6 Å². The molecule has 1 aliphatic heterocycles. The molecule has 1 amide bonds. The van der Waals surface area contributed by atoms with E-state index < -0.39 is 0 Å². The first-order valence-corrected chi connectivity index (χ1v) is 7.91. The van der Waals surface area contributed by atoms with Gasteiger partial charge in [0.05, 0.1) is 6.10 Å². The number of hydrogen-bond donors (Lipinski definition) is 1. The van der Waals surface area contributed by atoms with E-state index in [0.717, 1.165) is 18.8 Å². The summed E-state index contributed by atoms with van der Waals surface area (Å²) in [6.07, 6.45) is -0.354. The second-order valence-electron chi connectivity index (χ2n) is 7.14. The maximum Gasteiger partial charge on any atom is 0.272 e. The number of aliphatic hydroxyl groups excluding tert-OH is 1. The predicted molar refractivity (Wildman–Crippen MR) is 86.8 cm³/mol. The molecule has 1 fully saturated rings. The fourth-order valence-corrected chi connectivity index (χ4v) is 2.48. The van der Waals surface area contributed by atoms with E-state index in [2.05, 4.69) is 9.88 Å². The molecule has 2 rings (SSSR count). The minimum Gasteiger partial charge on any atom is -0.391 e. The number of nitrogens with zero attached hydrogens (tertiary/aromatic N) is 3. The van der Waals surface area contributed by atoms with Crippen LogP contribution in [0.15, 0.2) is 18.2 Å². The number of aromatic nitrogens is 1.